The Morgan fingerprint density at radius 1 is 1.64 bits per heavy atom. The summed E-state index contributed by atoms with van der Waals surface area (Å²) in [5, 5.41) is 6.48. The predicted octanol–water partition coefficient (Wildman–Crippen LogP) is 1.19. The molecule has 1 amide bonds. The summed E-state index contributed by atoms with van der Waals surface area (Å²) in [4.78, 5) is 14.9. The number of halogens is 1. The van der Waals surface area contributed by atoms with Crippen LogP contribution < -0.4 is 5.73 Å². The van der Waals surface area contributed by atoms with E-state index in [9.17, 15) is 4.79 Å². The van der Waals surface area contributed by atoms with Crippen molar-refractivity contribution in [2.75, 3.05) is 0 Å². The second-order valence-corrected chi connectivity index (χ2v) is 4.14. The molecule has 0 atom stereocenters. The summed E-state index contributed by atoms with van der Waals surface area (Å²) in [6.45, 7) is 0. The number of aromatic nitrogens is 3. The number of thiazole rings is 1. The first-order chi connectivity index (χ1) is 6.66. The van der Waals surface area contributed by atoms with Crippen LogP contribution in [0.25, 0.3) is 5.13 Å². The van der Waals surface area contributed by atoms with Crippen molar-refractivity contribution in [1.29, 1.82) is 0 Å². The number of nitrogens with two attached hydrogens (primary N) is 1. The lowest BCUT2D eigenvalue weighted by Gasteiger charge is -1.91. The van der Waals surface area contributed by atoms with E-state index in [0.29, 0.717) is 10.7 Å². The summed E-state index contributed by atoms with van der Waals surface area (Å²) in [6, 6.07) is 0. The first-order valence-electron chi connectivity index (χ1n) is 3.62. The van der Waals surface area contributed by atoms with E-state index >= 15 is 0 Å². The van der Waals surface area contributed by atoms with Crippen molar-refractivity contribution in [1.82, 2.24) is 14.8 Å². The van der Waals surface area contributed by atoms with E-state index in [1.165, 1.54) is 22.2 Å². The van der Waals surface area contributed by atoms with Gasteiger partial charge in [0.2, 0.25) is 5.13 Å². The lowest BCUT2D eigenvalue weighted by molar-refractivity contribution is 0.100. The van der Waals surface area contributed by atoms with Crippen molar-refractivity contribution >= 4 is 33.2 Å². The molecule has 72 valence electrons. The van der Waals surface area contributed by atoms with Crippen LogP contribution in [-0.2, 0) is 0 Å². The highest BCUT2D eigenvalue weighted by Gasteiger charge is 2.07. The van der Waals surface area contributed by atoms with Gasteiger partial charge in [-0.2, -0.15) is 5.10 Å². The fraction of sp³-hybridized carbons (Fsp3) is 0. The van der Waals surface area contributed by atoms with Gasteiger partial charge in [-0.1, -0.05) is 0 Å². The minimum atomic E-state index is -0.494. The third-order valence-corrected chi connectivity index (χ3v) is 3.07. The number of rotatable bonds is 2. The summed E-state index contributed by atoms with van der Waals surface area (Å²) in [5.74, 6) is -0.494. The first-order valence-corrected chi connectivity index (χ1v) is 5.30. The van der Waals surface area contributed by atoms with Gasteiger partial charge in [-0.3, -0.25) is 4.79 Å². The molecule has 2 rings (SSSR count). The Morgan fingerprint density at radius 3 is 2.93 bits per heavy atom. The van der Waals surface area contributed by atoms with Crippen molar-refractivity contribution in [3.8, 4) is 5.13 Å². The molecule has 0 saturated carbocycles. The molecular formula is C7H5BrN4OS. The van der Waals surface area contributed by atoms with Gasteiger partial charge in [-0.25, -0.2) is 9.67 Å². The predicted molar refractivity (Wildman–Crippen MR) is 55.5 cm³/mol. The molecule has 0 aliphatic rings. The molecule has 0 bridgehead atoms. The Hall–Kier alpha value is -1.21. The largest absolute Gasteiger partial charge is 0.366 e. The lowest BCUT2D eigenvalue weighted by Crippen LogP contribution is -2.09. The zero-order valence-electron chi connectivity index (χ0n) is 6.85. The van der Waals surface area contributed by atoms with Crippen LogP contribution in [0.3, 0.4) is 0 Å². The second kappa shape index (κ2) is 3.50. The average Bonchev–Trinajstić information content (AvgIpc) is 2.70. The van der Waals surface area contributed by atoms with Crippen LogP contribution >= 0.6 is 27.3 Å². The molecule has 0 radical (unpaired) electrons. The highest BCUT2D eigenvalue weighted by molar-refractivity contribution is 9.10. The highest BCUT2D eigenvalue weighted by Crippen LogP contribution is 2.18. The third-order valence-electron chi connectivity index (χ3n) is 1.53. The summed E-state index contributed by atoms with van der Waals surface area (Å²) < 4.78 is 2.25. The number of primary amides is 1. The molecule has 7 heteroatoms. The zero-order chi connectivity index (χ0) is 10.1. The lowest BCUT2D eigenvalue weighted by atomic mass is 10.4. The Balaban J connectivity index is 2.38. The van der Waals surface area contributed by atoms with Crippen molar-refractivity contribution in [2.24, 2.45) is 5.73 Å². The molecule has 2 heterocycles. The third kappa shape index (κ3) is 1.68. The van der Waals surface area contributed by atoms with Gasteiger partial charge in [0, 0.05) is 11.6 Å². The van der Waals surface area contributed by atoms with Crippen LogP contribution in [0.1, 0.15) is 10.4 Å². The van der Waals surface area contributed by atoms with Crippen LogP contribution in [0.5, 0.6) is 0 Å². The molecule has 2 aromatic rings. The van der Waals surface area contributed by atoms with Crippen molar-refractivity contribution < 1.29 is 4.79 Å². The number of nitrogens with zero attached hydrogens (tertiary/aromatic N) is 3. The maximum Gasteiger partial charge on any atom is 0.251 e. The molecule has 0 unspecified atom stereocenters. The van der Waals surface area contributed by atoms with E-state index in [1.807, 2.05) is 5.38 Å². The maximum absolute atomic E-state index is 10.8. The number of hydrogen-bond acceptors (Lipinski definition) is 4. The molecule has 5 nitrogen and oxygen atoms in total. The fourth-order valence-electron chi connectivity index (χ4n) is 0.905. The Bertz CT molecular complexity index is 477. The monoisotopic (exact) mass is 272 g/mol. The van der Waals surface area contributed by atoms with E-state index < -0.39 is 5.91 Å². The molecular weight excluding hydrogens is 268 g/mol. The summed E-state index contributed by atoms with van der Waals surface area (Å²) in [6.07, 6.45) is 2.96. The van der Waals surface area contributed by atoms with Crippen LogP contribution in [0, 0.1) is 0 Å². The SMILES string of the molecule is NC(=O)c1cnn(-c2nc(Br)cs2)c1. The van der Waals surface area contributed by atoms with Gasteiger partial charge in [-0.05, 0) is 15.9 Å². The van der Waals surface area contributed by atoms with E-state index in [4.69, 9.17) is 5.73 Å². The van der Waals surface area contributed by atoms with Crippen LogP contribution in [0.2, 0.25) is 0 Å². The average molecular weight is 273 g/mol. The summed E-state index contributed by atoms with van der Waals surface area (Å²) >= 11 is 4.65. The molecule has 2 N–H and O–H groups in total. The summed E-state index contributed by atoms with van der Waals surface area (Å²) in [7, 11) is 0. The van der Waals surface area contributed by atoms with Crippen LogP contribution in [0.4, 0.5) is 0 Å². The van der Waals surface area contributed by atoms with Gasteiger partial charge in [0.05, 0.1) is 11.8 Å². The highest BCUT2D eigenvalue weighted by atomic mass is 79.9. The van der Waals surface area contributed by atoms with E-state index in [2.05, 4.69) is 26.0 Å². The van der Waals surface area contributed by atoms with Crippen LogP contribution in [0.15, 0.2) is 22.4 Å². The van der Waals surface area contributed by atoms with E-state index in [1.54, 1.807) is 6.20 Å². The number of carbonyl (C=O) groups is 1. The van der Waals surface area contributed by atoms with E-state index in [0.717, 1.165) is 4.60 Å². The second-order valence-electron chi connectivity index (χ2n) is 2.49. The van der Waals surface area contributed by atoms with Gasteiger partial charge >= 0.3 is 0 Å². The van der Waals surface area contributed by atoms with Crippen molar-refractivity contribution in [3.05, 3.63) is 27.9 Å². The van der Waals surface area contributed by atoms with Crippen molar-refractivity contribution in [3.63, 3.8) is 0 Å². The number of hydrogen-bond donors (Lipinski definition) is 1. The first kappa shape index (κ1) is 9.35. The standard InChI is InChI=1S/C7H5BrN4OS/c8-5-3-14-7(11-5)12-2-4(1-10-12)6(9)13/h1-3H,(H2,9,13). The number of carbonyl (C=O) groups excluding carboxylic acids is 1. The van der Waals surface area contributed by atoms with Gasteiger partial charge in [0.25, 0.3) is 5.91 Å². The Labute approximate surface area is 91.7 Å². The topological polar surface area (TPSA) is 73.8 Å². The van der Waals surface area contributed by atoms with Crippen LogP contribution in [-0.4, -0.2) is 20.7 Å². The maximum atomic E-state index is 10.8. The zero-order valence-corrected chi connectivity index (χ0v) is 9.25. The smallest absolute Gasteiger partial charge is 0.251 e. The quantitative estimate of drug-likeness (QED) is 0.893. The molecule has 0 aromatic carbocycles. The molecule has 0 spiro atoms. The van der Waals surface area contributed by atoms with Gasteiger partial charge in [-0.15, -0.1) is 11.3 Å². The number of amides is 1. The Kier molecular flexibility index (Phi) is 2.34. The minimum absolute atomic E-state index is 0.372. The molecule has 0 aliphatic heterocycles. The molecule has 0 saturated heterocycles. The molecule has 0 aliphatic carbocycles. The molecule has 14 heavy (non-hydrogen) atoms. The summed E-state index contributed by atoms with van der Waals surface area (Å²) in [5.41, 5.74) is 5.46. The molecule has 2 aromatic heterocycles. The van der Waals surface area contributed by atoms with E-state index in [-0.39, 0.29) is 0 Å². The van der Waals surface area contributed by atoms with Crippen molar-refractivity contribution in [2.45, 2.75) is 0 Å². The molecule has 0 fully saturated rings. The fourth-order valence-corrected chi connectivity index (χ4v) is 2.09. The normalized spacial score (nSPS) is 10.4. The van der Waals surface area contributed by atoms with Gasteiger partial charge in [0.1, 0.15) is 4.60 Å². The Morgan fingerprint density at radius 2 is 2.43 bits per heavy atom. The van der Waals surface area contributed by atoms with Gasteiger partial charge in [0.15, 0.2) is 0 Å². The minimum Gasteiger partial charge on any atom is -0.366 e. The van der Waals surface area contributed by atoms with Gasteiger partial charge < -0.3 is 5.73 Å².